The van der Waals surface area contributed by atoms with Gasteiger partial charge in [-0.1, -0.05) is 29.8 Å². The van der Waals surface area contributed by atoms with Crippen molar-refractivity contribution in [3.8, 4) is 0 Å². The van der Waals surface area contributed by atoms with Crippen molar-refractivity contribution in [2.24, 2.45) is 5.92 Å². The Kier molecular flexibility index (Phi) is 4.34. The first-order chi connectivity index (χ1) is 9.66. The molecular formula is C17H25ClN2. The molecule has 1 N–H and O–H groups in total. The monoisotopic (exact) mass is 292 g/mol. The van der Waals surface area contributed by atoms with Gasteiger partial charge in [-0.05, 0) is 63.7 Å². The number of hydrogen-bond acceptors (Lipinski definition) is 2. The molecule has 1 aromatic rings. The summed E-state index contributed by atoms with van der Waals surface area (Å²) in [6, 6.07) is 10.1. The Balaban J connectivity index is 1.59. The maximum Gasteiger partial charge on any atom is 0.0453 e. The molecule has 0 saturated heterocycles. The lowest BCUT2D eigenvalue weighted by molar-refractivity contribution is 0.0547. The first kappa shape index (κ1) is 14.4. The predicted molar refractivity (Wildman–Crippen MR) is 85.2 cm³/mol. The molecule has 1 aromatic carbocycles. The van der Waals surface area contributed by atoms with Crippen LogP contribution in [0.15, 0.2) is 24.3 Å². The zero-order valence-electron chi connectivity index (χ0n) is 12.5. The minimum Gasteiger partial charge on any atom is -0.314 e. The summed E-state index contributed by atoms with van der Waals surface area (Å²) in [5, 5.41) is 4.57. The standard InChI is InChI=1S/C17H25ClN2/c1-12(15-5-3-4-6-16(15)18)20(2)17-10-7-13(17)11-19-14-8-9-14/h3-6,12-14,17,19H,7-11H2,1-2H3. The Morgan fingerprint density at radius 2 is 2.00 bits per heavy atom. The molecular weight excluding hydrogens is 268 g/mol. The smallest absolute Gasteiger partial charge is 0.0453 e. The van der Waals surface area contributed by atoms with Crippen molar-refractivity contribution in [1.82, 2.24) is 10.2 Å². The molecule has 2 aliphatic rings. The molecule has 3 rings (SSSR count). The quantitative estimate of drug-likeness (QED) is 0.856. The molecule has 2 aliphatic carbocycles. The number of hydrogen-bond donors (Lipinski definition) is 1. The normalized spacial score (nSPS) is 27.4. The van der Waals surface area contributed by atoms with Gasteiger partial charge in [0.1, 0.15) is 0 Å². The second-order valence-electron chi connectivity index (χ2n) is 6.45. The van der Waals surface area contributed by atoms with Gasteiger partial charge in [0, 0.05) is 23.1 Å². The lowest BCUT2D eigenvalue weighted by Gasteiger charge is -2.45. The molecule has 0 amide bonds. The highest BCUT2D eigenvalue weighted by atomic mass is 35.5. The average Bonchev–Trinajstić information content (AvgIpc) is 3.21. The Morgan fingerprint density at radius 3 is 2.60 bits per heavy atom. The van der Waals surface area contributed by atoms with Crippen LogP contribution in [0, 0.1) is 5.92 Å². The molecule has 3 unspecified atom stereocenters. The van der Waals surface area contributed by atoms with Gasteiger partial charge >= 0.3 is 0 Å². The molecule has 2 saturated carbocycles. The Hall–Kier alpha value is -0.570. The van der Waals surface area contributed by atoms with Gasteiger partial charge in [-0.15, -0.1) is 0 Å². The fourth-order valence-corrected chi connectivity index (χ4v) is 3.55. The fourth-order valence-electron chi connectivity index (χ4n) is 3.25. The van der Waals surface area contributed by atoms with Gasteiger partial charge in [-0.25, -0.2) is 0 Å². The van der Waals surface area contributed by atoms with Crippen molar-refractivity contribution in [3.63, 3.8) is 0 Å². The highest BCUT2D eigenvalue weighted by Crippen LogP contribution is 2.37. The largest absolute Gasteiger partial charge is 0.314 e. The van der Waals surface area contributed by atoms with Crippen LogP contribution in [0.1, 0.15) is 44.2 Å². The number of halogens is 1. The third kappa shape index (κ3) is 3.03. The summed E-state index contributed by atoms with van der Waals surface area (Å²) in [6.45, 7) is 3.46. The molecule has 0 bridgehead atoms. The summed E-state index contributed by atoms with van der Waals surface area (Å²) in [6.07, 6.45) is 5.44. The number of benzene rings is 1. The summed E-state index contributed by atoms with van der Waals surface area (Å²) in [7, 11) is 2.25. The minimum absolute atomic E-state index is 0.387. The van der Waals surface area contributed by atoms with E-state index in [4.69, 9.17) is 11.6 Å². The van der Waals surface area contributed by atoms with Crippen LogP contribution in [0.5, 0.6) is 0 Å². The lowest BCUT2D eigenvalue weighted by Crippen LogP contribution is -2.49. The number of nitrogens with zero attached hydrogens (tertiary/aromatic N) is 1. The molecule has 0 radical (unpaired) electrons. The van der Waals surface area contributed by atoms with Crippen molar-refractivity contribution in [2.75, 3.05) is 13.6 Å². The third-order valence-corrected chi connectivity index (χ3v) is 5.46. The highest BCUT2D eigenvalue weighted by Gasteiger charge is 2.36. The SMILES string of the molecule is CC(c1ccccc1Cl)N(C)C1CCC1CNC1CC1. The minimum atomic E-state index is 0.387. The average molecular weight is 293 g/mol. The summed E-state index contributed by atoms with van der Waals surface area (Å²) >= 11 is 6.34. The first-order valence-corrected chi connectivity index (χ1v) is 8.24. The van der Waals surface area contributed by atoms with E-state index in [1.54, 1.807) is 0 Å². The van der Waals surface area contributed by atoms with Crippen molar-refractivity contribution < 1.29 is 0 Å². The van der Waals surface area contributed by atoms with E-state index >= 15 is 0 Å². The van der Waals surface area contributed by atoms with Crippen molar-refractivity contribution >= 4 is 11.6 Å². The maximum absolute atomic E-state index is 6.34. The fraction of sp³-hybridized carbons (Fsp3) is 0.647. The molecule has 0 aliphatic heterocycles. The Morgan fingerprint density at radius 1 is 1.25 bits per heavy atom. The predicted octanol–water partition coefficient (Wildman–Crippen LogP) is 3.86. The van der Waals surface area contributed by atoms with Gasteiger partial charge < -0.3 is 5.32 Å². The van der Waals surface area contributed by atoms with Crippen LogP contribution < -0.4 is 5.32 Å². The van der Waals surface area contributed by atoms with Gasteiger partial charge in [0.25, 0.3) is 0 Å². The molecule has 3 heteroatoms. The molecule has 110 valence electrons. The number of rotatable bonds is 6. The topological polar surface area (TPSA) is 15.3 Å². The van der Waals surface area contributed by atoms with Crippen LogP contribution in [-0.4, -0.2) is 30.6 Å². The summed E-state index contributed by atoms with van der Waals surface area (Å²) in [5.74, 6) is 0.811. The summed E-state index contributed by atoms with van der Waals surface area (Å²) in [5.41, 5.74) is 1.25. The van der Waals surface area contributed by atoms with E-state index in [0.29, 0.717) is 12.1 Å². The van der Waals surface area contributed by atoms with Crippen molar-refractivity contribution in [3.05, 3.63) is 34.9 Å². The van der Waals surface area contributed by atoms with Gasteiger partial charge in [-0.2, -0.15) is 0 Å². The molecule has 2 nitrogen and oxygen atoms in total. The Bertz CT molecular complexity index is 458. The van der Waals surface area contributed by atoms with Crippen LogP contribution in [0.25, 0.3) is 0 Å². The zero-order valence-corrected chi connectivity index (χ0v) is 13.2. The van der Waals surface area contributed by atoms with E-state index < -0.39 is 0 Å². The summed E-state index contributed by atoms with van der Waals surface area (Å²) in [4.78, 5) is 2.52. The van der Waals surface area contributed by atoms with Crippen LogP contribution >= 0.6 is 11.6 Å². The molecule has 20 heavy (non-hydrogen) atoms. The zero-order chi connectivity index (χ0) is 14.1. The van der Waals surface area contributed by atoms with E-state index in [1.165, 1.54) is 37.8 Å². The van der Waals surface area contributed by atoms with Gasteiger partial charge in [0.05, 0.1) is 0 Å². The van der Waals surface area contributed by atoms with Crippen LogP contribution in [-0.2, 0) is 0 Å². The second-order valence-corrected chi connectivity index (χ2v) is 6.86. The van der Waals surface area contributed by atoms with Crippen LogP contribution in [0.4, 0.5) is 0 Å². The lowest BCUT2D eigenvalue weighted by atomic mass is 9.77. The third-order valence-electron chi connectivity index (χ3n) is 5.11. The number of nitrogens with one attached hydrogen (secondary N) is 1. The summed E-state index contributed by atoms with van der Waals surface area (Å²) < 4.78 is 0. The van der Waals surface area contributed by atoms with Crippen molar-refractivity contribution in [2.45, 2.75) is 50.7 Å². The Labute approximate surface area is 127 Å². The molecule has 0 heterocycles. The molecule has 0 spiro atoms. The van der Waals surface area contributed by atoms with Gasteiger partial charge in [-0.3, -0.25) is 4.90 Å². The van der Waals surface area contributed by atoms with E-state index in [1.807, 2.05) is 12.1 Å². The van der Waals surface area contributed by atoms with E-state index in [0.717, 1.165) is 17.0 Å². The maximum atomic E-state index is 6.34. The van der Waals surface area contributed by atoms with Crippen LogP contribution in [0.3, 0.4) is 0 Å². The van der Waals surface area contributed by atoms with Gasteiger partial charge in [0.15, 0.2) is 0 Å². The van der Waals surface area contributed by atoms with Crippen LogP contribution in [0.2, 0.25) is 5.02 Å². The highest BCUT2D eigenvalue weighted by molar-refractivity contribution is 6.31. The van der Waals surface area contributed by atoms with E-state index in [9.17, 15) is 0 Å². The van der Waals surface area contributed by atoms with Gasteiger partial charge in [0.2, 0.25) is 0 Å². The second kappa shape index (κ2) is 6.05. The molecule has 3 atom stereocenters. The van der Waals surface area contributed by atoms with E-state index in [-0.39, 0.29) is 0 Å². The first-order valence-electron chi connectivity index (χ1n) is 7.86. The van der Waals surface area contributed by atoms with E-state index in [2.05, 4.69) is 36.3 Å². The molecule has 2 fully saturated rings. The van der Waals surface area contributed by atoms with Crippen molar-refractivity contribution in [1.29, 1.82) is 0 Å². The molecule has 0 aromatic heterocycles.